The zero-order valence-electron chi connectivity index (χ0n) is 10.3. The minimum Gasteiger partial charge on any atom is -0.497 e. The molecule has 0 saturated heterocycles. The third-order valence-electron chi connectivity index (χ3n) is 2.40. The van der Waals surface area contributed by atoms with Crippen molar-refractivity contribution in [2.75, 3.05) is 7.11 Å². The van der Waals surface area contributed by atoms with Gasteiger partial charge in [-0.25, -0.2) is 4.98 Å². The van der Waals surface area contributed by atoms with Crippen LogP contribution in [0.3, 0.4) is 0 Å². The van der Waals surface area contributed by atoms with E-state index in [1.807, 2.05) is 24.3 Å². The van der Waals surface area contributed by atoms with Crippen molar-refractivity contribution in [3.8, 4) is 5.75 Å². The van der Waals surface area contributed by atoms with E-state index in [2.05, 4.69) is 20.9 Å². The number of rotatable bonds is 5. The first-order chi connectivity index (χ1) is 9.17. The third-order valence-corrected chi connectivity index (χ3v) is 3.88. The van der Waals surface area contributed by atoms with Crippen molar-refractivity contribution in [2.24, 2.45) is 0 Å². The van der Waals surface area contributed by atoms with Gasteiger partial charge in [0.1, 0.15) is 12.4 Å². The van der Waals surface area contributed by atoms with E-state index < -0.39 is 0 Å². The summed E-state index contributed by atoms with van der Waals surface area (Å²) in [6.07, 6.45) is 1.92. The first-order valence-corrected chi connectivity index (χ1v) is 7.17. The number of methoxy groups -OCH3 is 1. The molecule has 0 aliphatic heterocycles. The molecule has 0 bridgehead atoms. The first kappa shape index (κ1) is 14.0. The van der Waals surface area contributed by atoms with Crippen LogP contribution >= 0.6 is 27.3 Å². The van der Waals surface area contributed by atoms with E-state index >= 15 is 0 Å². The summed E-state index contributed by atoms with van der Waals surface area (Å²) >= 11 is 4.69. The van der Waals surface area contributed by atoms with Crippen LogP contribution < -0.4 is 4.74 Å². The molecule has 0 unspecified atom stereocenters. The van der Waals surface area contributed by atoms with Crippen molar-refractivity contribution in [1.82, 2.24) is 4.98 Å². The van der Waals surface area contributed by atoms with E-state index in [9.17, 15) is 4.79 Å². The molecule has 2 rings (SSSR count). The fourth-order valence-electron chi connectivity index (χ4n) is 1.44. The Morgan fingerprint density at radius 3 is 2.68 bits per heavy atom. The summed E-state index contributed by atoms with van der Waals surface area (Å²) in [5.74, 6) is 0.525. The predicted octanol–water partition coefficient (Wildman–Crippen LogP) is 3.20. The Labute approximate surface area is 123 Å². The summed E-state index contributed by atoms with van der Waals surface area (Å²) in [7, 11) is 1.61. The summed E-state index contributed by atoms with van der Waals surface area (Å²) in [5, 5.41) is 0. The number of hydrogen-bond acceptors (Lipinski definition) is 5. The molecule has 0 aliphatic rings. The molecule has 0 spiro atoms. The van der Waals surface area contributed by atoms with Crippen LogP contribution in [0.15, 0.2) is 34.4 Å². The van der Waals surface area contributed by atoms with Crippen LogP contribution in [0.25, 0.3) is 0 Å². The SMILES string of the molecule is COc1ccc(COC(=O)Cc2cnc(Br)s2)cc1. The number of hydrogen-bond donors (Lipinski definition) is 0. The van der Waals surface area contributed by atoms with Crippen molar-refractivity contribution in [2.45, 2.75) is 13.0 Å². The normalized spacial score (nSPS) is 10.2. The average molecular weight is 342 g/mol. The molecule has 0 amide bonds. The fourth-order valence-corrected chi connectivity index (χ4v) is 2.79. The molecular formula is C13H12BrNO3S. The van der Waals surface area contributed by atoms with E-state index in [1.54, 1.807) is 13.3 Å². The average Bonchev–Trinajstić information content (AvgIpc) is 2.82. The first-order valence-electron chi connectivity index (χ1n) is 5.56. The van der Waals surface area contributed by atoms with Crippen LogP contribution in [0, 0.1) is 0 Å². The van der Waals surface area contributed by atoms with Gasteiger partial charge in [-0.3, -0.25) is 4.79 Å². The Morgan fingerprint density at radius 1 is 1.37 bits per heavy atom. The summed E-state index contributed by atoms with van der Waals surface area (Å²) in [6, 6.07) is 7.41. The molecule has 1 heterocycles. The number of esters is 1. The molecular weight excluding hydrogens is 330 g/mol. The van der Waals surface area contributed by atoms with Crippen molar-refractivity contribution < 1.29 is 14.3 Å². The quantitative estimate of drug-likeness (QED) is 0.783. The maximum absolute atomic E-state index is 11.6. The number of nitrogens with zero attached hydrogens (tertiary/aromatic N) is 1. The molecule has 0 atom stereocenters. The molecule has 2 aromatic rings. The lowest BCUT2D eigenvalue weighted by Crippen LogP contribution is -2.07. The maximum atomic E-state index is 11.6. The third kappa shape index (κ3) is 4.33. The minimum atomic E-state index is -0.257. The van der Waals surface area contributed by atoms with Crippen LogP contribution in [0.1, 0.15) is 10.4 Å². The van der Waals surface area contributed by atoms with E-state index in [-0.39, 0.29) is 19.0 Å². The number of carbonyl (C=O) groups excluding carboxylic acids is 1. The van der Waals surface area contributed by atoms with Crippen LogP contribution in [-0.2, 0) is 22.6 Å². The molecule has 0 N–H and O–H groups in total. The Kier molecular flexibility index (Phi) is 4.93. The van der Waals surface area contributed by atoms with Crippen molar-refractivity contribution in [1.29, 1.82) is 0 Å². The molecule has 19 heavy (non-hydrogen) atoms. The van der Waals surface area contributed by atoms with E-state index in [0.717, 1.165) is 20.1 Å². The van der Waals surface area contributed by atoms with Crippen molar-refractivity contribution in [3.05, 3.63) is 44.8 Å². The summed E-state index contributed by atoms with van der Waals surface area (Å²) in [6.45, 7) is 0.267. The van der Waals surface area contributed by atoms with Gasteiger partial charge in [-0.15, -0.1) is 11.3 Å². The van der Waals surface area contributed by atoms with Gasteiger partial charge in [0.2, 0.25) is 0 Å². The summed E-state index contributed by atoms with van der Waals surface area (Å²) in [5.41, 5.74) is 0.930. The Balaban J connectivity index is 1.82. The van der Waals surface area contributed by atoms with Gasteiger partial charge in [0.05, 0.1) is 13.5 Å². The fraction of sp³-hybridized carbons (Fsp3) is 0.231. The second-order valence-corrected chi connectivity index (χ2v) is 6.16. The van der Waals surface area contributed by atoms with Crippen LogP contribution in [0.5, 0.6) is 5.75 Å². The molecule has 1 aromatic heterocycles. The smallest absolute Gasteiger partial charge is 0.311 e. The summed E-state index contributed by atoms with van der Waals surface area (Å²) in [4.78, 5) is 16.5. The number of ether oxygens (including phenoxy) is 2. The second kappa shape index (κ2) is 6.68. The molecule has 1 aromatic carbocycles. The van der Waals surface area contributed by atoms with Crippen LogP contribution in [-0.4, -0.2) is 18.1 Å². The highest BCUT2D eigenvalue weighted by atomic mass is 79.9. The number of carbonyl (C=O) groups is 1. The molecule has 4 nitrogen and oxygen atoms in total. The van der Waals surface area contributed by atoms with Crippen molar-refractivity contribution in [3.63, 3.8) is 0 Å². The molecule has 0 radical (unpaired) electrons. The molecule has 0 aliphatic carbocycles. The predicted molar refractivity (Wildman–Crippen MR) is 76.3 cm³/mol. The van der Waals surface area contributed by atoms with Gasteiger partial charge in [0.25, 0.3) is 0 Å². The molecule has 0 saturated carbocycles. The van der Waals surface area contributed by atoms with Gasteiger partial charge >= 0.3 is 5.97 Å². The molecule has 100 valence electrons. The molecule has 0 fully saturated rings. The Bertz CT molecular complexity index is 553. The highest BCUT2D eigenvalue weighted by Gasteiger charge is 2.08. The van der Waals surface area contributed by atoms with Crippen LogP contribution in [0.4, 0.5) is 0 Å². The summed E-state index contributed by atoms with van der Waals surface area (Å²) < 4.78 is 11.0. The largest absolute Gasteiger partial charge is 0.497 e. The van der Waals surface area contributed by atoms with Gasteiger partial charge < -0.3 is 9.47 Å². The van der Waals surface area contributed by atoms with E-state index in [1.165, 1.54) is 11.3 Å². The van der Waals surface area contributed by atoms with Gasteiger partial charge in [-0.2, -0.15) is 0 Å². The topological polar surface area (TPSA) is 48.4 Å². The number of aromatic nitrogens is 1. The highest BCUT2D eigenvalue weighted by Crippen LogP contribution is 2.19. The maximum Gasteiger partial charge on any atom is 0.311 e. The van der Waals surface area contributed by atoms with Gasteiger partial charge in [0.15, 0.2) is 3.92 Å². The van der Waals surface area contributed by atoms with E-state index in [4.69, 9.17) is 9.47 Å². The van der Waals surface area contributed by atoms with E-state index in [0.29, 0.717) is 0 Å². The van der Waals surface area contributed by atoms with Gasteiger partial charge in [0, 0.05) is 11.1 Å². The zero-order valence-corrected chi connectivity index (χ0v) is 12.7. The Morgan fingerprint density at radius 2 is 2.11 bits per heavy atom. The monoisotopic (exact) mass is 341 g/mol. The highest BCUT2D eigenvalue weighted by molar-refractivity contribution is 9.11. The Hall–Kier alpha value is -1.40. The zero-order chi connectivity index (χ0) is 13.7. The van der Waals surface area contributed by atoms with Gasteiger partial charge in [-0.05, 0) is 33.6 Å². The standard InChI is InChI=1S/C13H12BrNO3S/c1-17-10-4-2-9(3-5-10)8-18-12(16)6-11-7-15-13(14)19-11/h2-5,7H,6,8H2,1H3. The number of thiazole rings is 1. The van der Waals surface area contributed by atoms with Gasteiger partial charge in [-0.1, -0.05) is 12.1 Å². The molecule has 6 heteroatoms. The lowest BCUT2D eigenvalue weighted by molar-refractivity contribution is -0.144. The number of halogens is 1. The lowest BCUT2D eigenvalue weighted by Gasteiger charge is -2.05. The second-order valence-electron chi connectivity index (χ2n) is 3.77. The number of benzene rings is 1. The van der Waals surface area contributed by atoms with Crippen LogP contribution in [0.2, 0.25) is 0 Å². The lowest BCUT2D eigenvalue weighted by atomic mass is 10.2. The van der Waals surface area contributed by atoms with Crippen molar-refractivity contribution >= 4 is 33.2 Å². The minimum absolute atomic E-state index is 0.249.